The molecule has 0 aromatic heterocycles. The van der Waals surface area contributed by atoms with Gasteiger partial charge in [-0.15, -0.1) is 0 Å². The lowest BCUT2D eigenvalue weighted by Gasteiger charge is -2.33. The van der Waals surface area contributed by atoms with Gasteiger partial charge in [-0.25, -0.2) is 0 Å². The van der Waals surface area contributed by atoms with Crippen LogP contribution in [0.5, 0.6) is 0 Å². The molecule has 2 atom stereocenters. The Kier molecular flexibility index (Phi) is 5.01. The van der Waals surface area contributed by atoms with E-state index in [1.54, 1.807) is 0 Å². The normalized spacial score (nSPS) is 24.9. The second-order valence-corrected chi connectivity index (χ2v) is 6.79. The molecule has 0 aliphatic carbocycles. The fourth-order valence-corrected chi connectivity index (χ4v) is 3.37. The third-order valence-corrected chi connectivity index (χ3v) is 4.94. The molecule has 2 aliphatic rings. The van der Waals surface area contributed by atoms with Crippen LogP contribution in [0.15, 0.2) is 29.4 Å². The number of rotatable bonds is 4. The first kappa shape index (κ1) is 15.8. The van der Waals surface area contributed by atoms with Crippen molar-refractivity contribution in [3.8, 4) is 0 Å². The van der Waals surface area contributed by atoms with Gasteiger partial charge < -0.3 is 9.94 Å². The van der Waals surface area contributed by atoms with Crippen molar-refractivity contribution in [3.05, 3.63) is 34.9 Å². The number of aliphatic hydroxyl groups is 1. The fraction of sp³-hybridized carbons (Fsp3) is 0.588. The number of hydrogen-bond acceptors (Lipinski definition) is 4. The Labute approximate surface area is 136 Å². The van der Waals surface area contributed by atoms with Crippen molar-refractivity contribution >= 4 is 17.3 Å². The van der Waals surface area contributed by atoms with Crippen LogP contribution in [0.25, 0.3) is 0 Å². The molecule has 0 amide bonds. The number of benzene rings is 1. The Morgan fingerprint density at radius 2 is 2.00 bits per heavy atom. The van der Waals surface area contributed by atoms with Gasteiger partial charge in [0.1, 0.15) is 6.10 Å². The molecular weight excluding hydrogens is 300 g/mol. The van der Waals surface area contributed by atoms with Crippen LogP contribution in [0.2, 0.25) is 5.02 Å². The molecule has 1 N–H and O–H groups in total. The largest absolute Gasteiger partial charge is 0.393 e. The van der Waals surface area contributed by atoms with E-state index in [9.17, 15) is 5.11 Å². The van der Waals surface area contributed by atoms with Crippen LogP contribution < -0.4 is 0 Å². The SMILES string of the molecule is CC(O)C1CCN(CC2CC(c3ccc(Cl)cc3)=NO2)CC1. The van der Waals surface area contributed by atoms with Crippen LogP contribution in [0.3, 0.4) is 0 Å². The lowest BCUT2D eigenvalue weighted by molar-refractivity contribution is 0.0259. The van der Waals surface area contributed by atoms with E-state index in [1.165, 1.54) is 0 Å². The third kappa shape index (κ3) is 3.80. The smallest absolute Gasteiger partial charge is 0.145 e. The summed E-state index contributed by atoms with van der Waals surface area (Å²) >= 11 is 5.91. The lowest BCUT2D eigenvalue weighted by Crippen LogP contribution is -2.41. The maximum Gasteiger partial charge on any atom is 0.145 e. The van der Waals surface area contributed by atoms with Crippen LogP contribution in [-0.2, 0) is 4.84 Å². The fourth-order valence-electron chi connectivity index (χ4n) is 3.24. The molecule has 2 aliphatic heterocycles. The van der Waals surface area contributed by atoms with E-state index in [4.69, 9.17) is 16.4 Å². The molecule has 22 heavy (non-hydrogen) atoms. The molecule has 2 heterocycles. The highest BCUT2D eigenvalue weighted by Gasteiger charge is 2.28. The Morgan fingerprint density at radius 3 is 2.64 bits per heavy atom. The predicted molar refractivity (Wildman–Crippen MR) is 88.3 cm³/mol. The van der Waals surface area contributed by atoms with Gasteiger partial charge in [-0.1, -0.05) is 28.9 Å². The van der Waals surface area contributed by atoms with Crippen LogP contribution in [0, 0.1) is 5.92 Å². The Balaban J connectivity index is 1.48. The highest BCUT2D eigenvalue weighted by Crippen LogP contribution is 2.23. The average molecular weight is 323 g/mol. The summed E-state index contributed by atoms with van der Waals surface area (Å²) in [6.07, 6.45) is 2.92. The number of aliphatic hydroxyl groups excluding tert-OH is 1. The van der Waals surface area contributed by atoms with Gasteiger partial charge in [-0.2, -0.15) is 0 Å². The summed E-state index contributed by atoms with van der Waals surface area (Å²) in [6.45, 7) is 4.87. The molecule has 3 rings (SSSR count). The Morgan fingerprint density at radius 1 is 1.32 bits per heavy atom. The Bertz CT molecular complexity index is 522. The summed E-state index contributed by atoms with van der Waals surface area (Å²) in [7, 11) is 0. The summed E-state index contributed by atoms with van der Waals surface area (Å²) in [4.78, 5) is 8.01. The number of halogens is 1. The third-order valence-electron chi connectivity index (χ3n) is 4.69. The zero-order chi connectivity index (χ0) is 15.5. The number of hydrogen-bond donors (Lipinski definition) is 1. The molecule has 1 aromatic rings. The van der Waals surface area contributed by atoms with Gasteiger partial charge in [0.2, 0.25) is 0 Å². The number of piperidine rings is 1. The number of likely N-dealkylation sites (tertiary alicyclic amines) is 1. The van der Waals surface area contributed by atoms with Gasteiger partial charge >= 0.3 is 0 Å². The minimum absolute atomic E-state index is 0.133. The van der Waals surface area contributed by atoms with E-state index < -0.39 is 0 Å². The zero-order valence-corrected chi connectivity index (χ0v) is 13.7. The molecule has 2 unspecified atom stereocenters. The average Bonchev–Trinajstić information content (AvgIpc) is 2.97. The maximum atomic E-state index is 9.66. The standard InChI is InChI=1S/C17H23ClN2O2/c1-12(21)13-6-8-20(9-7-13)11-16-10-17(19-22-16)14-2-4-15(18)5-3-14/h2-5,12-13,16,21H,6-11H2,1H3. The van der Waals surface area contributed by atoms with Crippen molar-refractivity contribution in [1.29, 1.82) is 0 Å². The Hall–Kier alpha value is -1.10. The molecular formula is C17H23ClN2O2. The summed E-state index contributed by atoms with van der Waals surface area (Å²) < 4.78 is 0. The van der Waals surface area contributed by atoms with Crippen molar-refractivity contribution in [2.75, 3.05) is 19.6 Å². The topological polar surface area (TPSA) is 45.1 Å². The molecule has 0 bridgehead atoms. The van der Waals surface area contributed by atoms with Gasteiger partial charge in [0.05, 0.1) is 11.8 Å². The van der Waals surface area contributed by atoms with Crippen LogP contribution in [-0.4, -0.2) is 47.6 Å². The molecule has 1 saturated heterocycles. The second kappa shape index (κ2) is 6.99. The van der Waals surface area contributed by atoms with Crippen LogP contribution >= 0.6 is 11.6 Å². The van der Waals surface area contributed by atoms with Gasteiger partial charge in [-0.05, 0) is 56.5 Å². The lowest BCUT2D eigenvalue weighted by atomic mass is 9.92. The molecule has 0 saturated carbocycles. The summed E-state index contributed by atoms with van der Waals surface area (Å²) in [5, 5.41) is 14.6. The van der Waals surface area contributed by atoms with Gasteiger partial charge in [0.25, 0.3) is 0 Å². The molecule has 120 valence electrons. The summed E-state index contributed by atoms with van der Waals surface area (Å²) in [5.41, 5.74) is 2.08. The van der Waals surface area contributed by atoms with E-state index in [2.05, 4.69) is 10.1 Å². The van der Waals surface area contributed by atoms with Crippen molar-refractivity contribution in [2.45, 2.75) is 38.4 Å². The second-order valence-electron chi connectivity index (χ2n) is 6.36. The van der Waals surface area contributed by atoms with Crippen LogP contribution in [0.4, 0.5) is 0 Å². The van der Waals surface area contributed by atoms with Gasteiger partial charge in [-0.3, -0.25) is 4.90 Å². The van der Waals surface area contributed by atoms with Crippen LogP contribution in [0.1, 0.15) is 31.7 Å². The molecule has 1 fully saturated rings. The molecule has 0 spiro atoms. The van der Waals surface area contributed by atoms with E-state index in [-0.39, 0.29) is 12.2 Å². The van der Waals surface area contributed by atoms with E-state index >= 15 is 0 Å². The minimum atomic E-state index is -0.190. The summed E-state index contributed by atoms with van der Waals surface area (Å²) in [5.74, 6) is 0.446. The van der Waals surface area contributed by atoms with Crippen molar-refractivity contribution in [3.63, 3.8) is 0 Å². The summed E-state index contributed by atoms with van der Waals surface area (Å²) in [6, 6.07) is 7.74. The minimum Gasteiger partial charge on any atom is -0.393 e. The zero-order valence-electron chi connectivity index (χ0n) is 12.9. The molecule has 4 nitrogen and oxygen atoms in total. The van der Waals surface area contributed by atoms with Crippen molar-refractivity contribution < 1.29 is 9.94 Å². The monoisotopic (exact) mass is 322 g/mol. The van der Waals surface area contributed by atoms with Gasteiger partial charge in [0, 0.05) is 18.0 Å². The van der Waals surface area contributed by atoms with Crippen molar-refractivity contribution in [2.24, 2.45) is 11.1 Å². The number of oxime groups is 1. The maximum absolute atomic E-state index is 9.66. The first-order valence-electron chi connectivity index (χ1n) is 8.01. The molecule has 5 heteroatoms. The highest BCUT2D eigenvalue weighted by atomic mass is 35.5. The highest BCUT2D eigenvalue weighted by molar-refractivity contribution is 6.30. The predicted octanol–water partition coefficient (Wildman–Crippen LogP) is 2.93. The quantitative estimate of drug-likeness (QED) is 0.927. The van der Waals surface area contributed by atoms with E-state index in [0.29, 0.717) is 5.92 Å². The van der Waals surface area contributed by atoms with Gasteiger partial charge in [0.15, 0.2) is 0 Å². The molecule has 0 radical (unpaired) electrons. The van der Waals surface area contributed by atoms with E-state index in [0.717, 1.165) is 55.2 Å². The van der Waals surface area contributed by atoms with Crippen molar-refractivity contribution in [1.82, 2.24) is 4.90 Å². The molecule has 1 aromatic carbocycles. The van der Waals surface area contributed by atoms with E-state index in [1.807, 2.05) is 31.2 Å². The first-order chi connectivity index (χ1) is 10.6. The number of nitrogens with zero attached hydrogens (tertiary/aromatic N) is 2. The first-order valence-corrected chi connectivity index (χ1v) is 8.38.